The third kappa shape index (κ3) is 1.94. The summed E-state index contributed by atoms with van der Waals surface area (Å²) >= 11 is 6.00. The molecule has 0 spiro atoms. The molecule has 0 aliphatic rings. The van der Waals surface area contributed by atoms with Gasteiger partial charge in [0.2, 0.25) is 0 Å². The van der Waals surface area contributed by atoms with Gasteiger partial charge in [-0.05, 0) is 34.6 Å². The Bertz CT molecular complexity index is 666. The highest BCUT2D eigenvalue weighted by molar-refractivity contribution is 6.32. The Morgan fingerprint density at radius 1 is 1.00 bits per heavy atom. The number of para-hydroxylation sites is 1. The Labute approximate surface area is 102 Å². The summed E-state index contributed by atoms with van der Waals surface area (Å²) in [7, 11) is 0. The van der Waals surface area contributed by atoms with Gasteiger partial charge >= 0.3 is 0 Å². The molecule has 84 valence electrons. The third-order valence-electron chi connectivity index (χ3n) is 2.29. The standard InChI is InChI=1S/C12H7ClN2O2/c13-9-3-1-2-4-12(9)16-8-5-6-10-11(7-8)15-17-14-10/h1-7H. The number of halogens is 1. The smallest absolute Gasteiger partial charge is 0.146 e. The van der Waals surface area contributed by atoms with Gasteiger partial charge in [-0.25, -0.2) is 4.63 Å². The minimum atomic E-state index is 0.561. The van der Waals surface area contributed by atoms with Gasteiger partial charge in [0.05, 0.1) is 5.02 Å². The fraction of sp³-hybridized carbons (Fsp3) is 0. The van der Waals surface area contributed by atoms with Crippen LogP contribution in [0.2, 0.25) is 5.02 Å². The molecular weight excluding hydrogens is 240 g/mol. The van der Waals surface area contributed by atoms with E-state index < -0.39 is 0 Å². The number of nitrogens with zero attached hydrogens (tertiary/aromatic N) is 2. The molecule has 2 aromatic carbocycles. The quantitative estimate of drug-likeness (QED) is 0.692. The molecule has 0 aliphatic heterocycles. The molecule has 0 unspecified atom stereocenters. The van der Waals surface area contributed by atoms with Gasteiger partial charge in [0.1, 0.15) is 22.5 Å². The average molecular weight is 247 g/mol. The second kappa shape index (κ2) is 4.07. The Morgan fingerprint density at radius 3 is 2.71 bits per heavy atom. The van der Waals surface area contributed by atoms with E-state index >= 15 is 0 Å². The van der Waals surface area contributed by atoms with Crippen LogP contribution in [0.25, 0.3) is 11.0 Å². The lowest BCUT2D eigenvalue weighted by Crippen LogP contribution is -1.84. The number of ether oxygens (including phenoxy) is 1. The van der Waals surface area contributed by atoms with Crippen LogP contribution in [-0.2, 0) is 0 Å². The van der Waals surface area contributed by atoms with Gasteiger partial charge in [-0.15, -0.1) is 0 Å². The first-order valence-electron chi connectivity index (χ1n) is 4.97. The fourth-order valence-corrected chi connectivity index (χ4v) is 1.65. The highest BCUT2D eigenvalue weighted by Crippen LogP contribution is 2.29. The molecule has 5 heteroatoms. The van der Waals surface area contributed by atoms with Crippen molar-refractivity contribution in [2.75, 3.05) is 0 Å². The van der Waals surface area contributed by atoms with E-state index in [1.54, 1.807) is 30.3 Å². The van der Waals surface area contributed by atoms with Crippen molar-refractivity contribution in [2.24, 2.45) is 0 Å². The average Bonchev–Trinajstić information content (AvgIpc) is 2.79. The summed E-state index contributed by atoms with van der Waals surface area (Å²) in [5.41, 5.74) is 1.34. The summed E-state index contributed by atoms with van der Waals surface area (Å²) < 4.78 is 10.3. The van der Waals surface area contributed by atoms with Crippen LogP contribution in [-0.4, -0.2) is 10.3 Å². The van der Waals surface area contributed by atoms with Crippen molar-refractivity contribution in [3.63, 3.8) is 0 Å². The maximum absolute atomic E-state index is 6.00. The minimum absolute atomic E-state index is 0.561. The minimum Gasteiger partial charge on any atom is -0.456 e. The van der Waals surface area contributed by atoms with Crippen molar-refractivity contribution in [1.82, 2.24) is 10.3 Å². The van der Waals surface area contributed by atoms with E-state index in [0.29, 0.717) is 27.6 Å². The largest absolute Gasteiger partial charge is 0.456 e. The predicted molar refractivity (Wildman–Crippen MR) is 63.3 cm³/mol. The molecule has 0 saturated carbocycles. The van der Waals surface area contributed by atoms with Gasteiger partial charge in [0.25, 0.3) is 0 Å². The van der Waals surface area contributed by atoms with Gasteiger partial charge in [0, 0.05) is 6.07 Å². The Kier molecular flexibility index (Phi) is 2.42. The molecule has 0 amide bonds. The summed E-state index contributed by atoms with van der Waals surface area (Å²) in [6.07, 6.45) is 0. The molecule has 17 heavy (non-hydrogen) atoms. The first-order valence-corrected chi connectivity index (χ1v) is 5.35. The maximum atomic E-state index is 6.00. The molecule has 0 atom stereocenters. The van der Waals surface area contributed by atoms with Crippen LogP contribution in [0.1, 0.15) is 0 Å². The Balaban J connectivity index is 1.97. The normalized spacial score (nSPS) is 10.6. The van der Waals surface area contributed by atoms with Crippen molar-refractivity contribution in [3.05, 3.63) is 47.5 Å². The van der Waals surface area contributed by atoms with Crippen LogP contribution in [0.4, 0.5) is 0 Å². The molecule has 3 rings (SSSR count). The zero-order valence-electron chi connectivity index (χ0n) is 8.63. The van der Waals surface area contributed by atoms with Crippen LogP contribution in [0, 0.1) is 0 Å². The number of rotatable bonds is 2. The second-order valence-corrected chi connectivity index (χ2v) is 3.85. The molecule has 0 fully saturated rings. The van der Waals surface area contributed by atoms with Crippen molar-refractivity contribution in [3.8, 4) is 11.5 Å². The first-order chi connectivity index (χ1) is 8.33. The molecule has 1 heterocycles. The monoisotopic (exact) mass is 246 g/mol. The van der Waals surface area contributed by atoms with E-state index in [0.717, 1.165) is 0 Å². The summed E-state index contributed by atoms with van der Waals surface area (Å²) in [4.78, 5) is 0. The summed E-state index contributed by atoms with van der Waals surface area (Å²) in [6.45, 7) is 0. The topological polar surface area (TPSA) is 48.2 Å². The highest BCUT2D eigenvalue weighted by Gasteiger charge is 2.05. The molecule has 0 aliphatic carbocycles. The van der Waals surface area contributed by atoms with Crippen molar-refractivity contribution in [1.29, 1.82) is 0 Å². The van der Waals surface area contributed by atoms with Crippen LogP contribution in [0.3, 0.4) is 0 Å². The highest BCUT2D eigenvalue weighted by atomic mass is 35.5. The lowest BCUT2D eigenvalue weighted by molar-refractivity contribution is 0.315. The van der Waals surface area contributed by atoms with Crippen molar-refractivity contribution in [2.45, 2.75) is 0 Å². The number of hydrogen-bond donors (Lipinski definition) is 0. The van der Waals surface area contributed by atoms with E-state index in [4.69, 9.17) is 16.3 Å². The van der Waals surface area contributed by atoms with Crippen LogP contribution >= 0.6 is 11.6 Å². The SMILES string of the molecule is Clc1ccccc1Oc1ccc2nonc2c1. The Morgan fingerprint density at radius 2 is 1.82 bits per heavy atom. The molecule has 4 nitrogen and oxygen atoms in total. The summed E-state index contributed by atoms with van der Waals surface area (Å²) in [5, 5.41) is 8.02. The third-order valence-corrected chi connectivity index (χ3v) is 2.60. The molecule has 3 aromatic rings. The van der Waals surface area contributed by atoms with Crippen LogP contribution in [0.15, 0.2) is 47.1 Å². The van der Waals surface area contributed by atoms with E-state index in [-0.39, 0.29) is 0 Å². The van der Waals surface area contributed by atoms with Gasteiger partial charge in [-0.1, -0.05) is 23.7 Å². The maximum Gasteiger partial charge on any atom is 0.146 e. The van der Waals surface area contributed by atoms with Gasteiger partial charge < -0.3 is 4.74 Å². The second-order valence-electron chi connectivity index (χ2n) is 3.45. The number of fused-ring (bicyclic) bond motifs is 1. The van der Waals surface area contributed by atoms with Crippen LogP contribution < -0.4 is 4.74 Å². The zero-order chi connectivity index (χ0) is 11.7. The molecule has 0 saturated heterocycles. The molecule has 0 radical (unpaired) electrons. The van der Waals surface area contributed by atoms with Gasteiger partial charge in [-0.2, -0.15) is 0 Å². The Hall–Kier alpha value is -2.07. The predicted octanol–water partition coefficient (Wildman–Crippen LogP) is 3.67. The number of aromatic nitrogens is 2. The zero-order valence-corrected chi connectivity index (χ0v) is 9.39. The van der Waals surface area contributed by atoms with Crippen molar-refractivity contribution >= 4 is 22.6 Å². The summed E-state index contributed by atoms with van der Waals surface area (Å²) in [6, 6.07) is 12.6. The first kappa shape index (κ1) is 10.1. The van der Waals surface area contributed by atoms with E-state index in [2.05, 4.69) is 14.9 Å². The fourth-order valence-electron chi connectivity index (χ4n) is 1.48. The van der Waals surface area contributed by atoms with Crippen molar-refractivity contribution < 1.29 is 9.37 Å². The molecule has 0 bridgehead atoms. The summed E-state index contributed by atoms with van der Waals surface area (Å²) in [5.74, 6) is 1.24. The number of hydrogen-bond acceptors (Lipinski definition) is 4. The molecular formula is C12H7ClN2O2. The van der Waals surface area contributed by atoms with Gasteiger partial charge in [-0.3, -0.25) is 0 Å². The number of benzene rings is 2. The van der Waals surface area contributed by atoms with Gasteiger partial charge in [0.15, 0.2) is 0 Å². The molecule has 0 N–H and O–H groups in total. The van der Waals surface area contributed by atoms with Crippen LogP contribution in [0.5, 0.6) is 11.5 Å². The van der Waals surface area contributed by atoms with E-state index in [1.165, 1.54) is 0 Å². The lowest BCUT2D eigenvalue weighted by atomic mass is 10.3. The molecule has 1 aromatic heterocycles. The van der Waals surface area contributed by atoms with E-state index in [9.17, 15) is 0 Å². The van der Waals surface area contributed by atoms with E-state index in [1.807, 2.05) is 12.1 Å². The lowest BCUT2D eigenvalue weighted by Gasteiger charge is -2.06.